The number of benzene rings is 1. The fourth-order valence-electron chi connectivity index (χ4n) is 1.85. The van der Waals surface area contributed by atoms with Crippen molar-refractivity contribution in [3.8, 4) is 0 Å². The Balaban J connectivity index is 2.50. The quantitative estimate of drug-likeness (QED) is 0.579. The van der Waals surface area contributed by atoms with Gasteiger partial charge in [-0.15, -0.1) is 0 Å². The van der Waals surface area contributed by atoms with Crippen molar-refractivity contribution in [2.45, 2.75) is 25.9 Å². The molecule has 0 radical (unpaired) electrons. The molecule has 0 bridgehead atoms. The normalized spacial score (nSPS) is 11.9. The van der Waals surface area contributed by atoms with E-state index >= 15 is 0 Å². The second kappa shape index (κ2) is 9.10. The topological polar surface area (TPSA) is 87.7 Å². The molecule has 1 unspecified atom stereocenters. The second-order valence-electron chi connectivity index (χ2n) is 4.73. The summed E-state index contributed by atoms with van der Waals surface area (Å²) in [5, 5.41) is 14.7. The van der Waals surface area contributed by atoms with Crippen LogP contribution in [0.1, 0.15) is 18.1 Å². The van der Waals surface area contributed by atoms with Crippen molar-refractivity contribution >= 4 is 11.9 Å². The fourth-order valence-corrected chi connectivity index (χ4v) is 1.85. The molecule has 1 aromatic carbocycles. The average molecular weight is 294 g/mol. The first kappa shape index (κ1) is 17.1. The molecule has 1 atom stereocenters. The maximum atomic E-state index is 11.8. The molecule has 1 amide bonds. The van der Waals surface area contributed by atoms with E-state index in [1.165, 1.54) is 0 Å². The highest BCUT2D eigenvalue weighted by molar-refractivity contribution is 5.81. The molecule has 1 aromatic rings. The molecule has 6 heteroatoms. The third-order valence-electron chi connectivity index (χ3n) is 3.06. The van der Waals surface area contributed by atoms with Gasteiger partial charge in [-0.3, -0.25) is 9.59 Å². The van der Waals surface area contributed by atoms with E-state index in [-0.39, 0.29) is 18.4 Å². The van der Waals surface area contributed by atoms with Crippen molar-refractivity contribution in [2.24, 2.45) is 0 Å². The monoisotopic (exact) mass is 294 g/mol. The number of hydrogen-bond donors (Lipinski definition) is 3. The number of carboxylic acid groups (broad SMARTS) is 1. The lowest BCUT2D eigenvalue weighted by atomic mass is 10.0. The Morgan fingerprint density at radius 2 is 1.95 bits per heavy atom. The number of methoxy groups -OCH3 is 1. The predicted octanol–water partition coefficient (Wildman–Crippen LogP) is 0.554. The van der Waals surface area contributed by atoms with Gasteiger partial charge in [0, 0.05) is 20.2 Å². The average Bonchev–Trinajstić information content (AvgIpc) is 2.45. The van der Waals surface area contributed by atoms with Crippen molar-refractivity contribution in [1.29, 1.82) is 0 Å². The summed E-state index contributed by atoms with van der Waals surface area (Å²) in [6.07, 6.45) is -0.0216. The minimum atomic E-state index is -0.868. The van der Waals surface area contributed by atoms with Crippen LogP contribution in [-0.2, 0) is 27.3 Å². The number of carbonyl (C=O) groups is 2. The zero-order valence-electron chi connectivity index (χ0n) is 12.4. The summed E-state index contributed by atoms with van der Waals surface area (Å²) in [5.41, 5.74) is 1.64. The van der Waals surface area contributed by atoms with Crippen LogP contribution in [0.4, 0.5) is 0 Å². The van der Waals surface area contributed by atoms with Crippen molar-refractivity contribution < 1.29 is 19.4 Å². The molecule has 0 fully saturated rings. The Morgan fingerprint density at radius 3 is 2.57 bits per heavy atom. The zero-order chi connectivity index (χ0) is 15.7. The van der Waals surface area contributed by atoms with Crippen molar-refractivity contribution in [3.05, 3.63) is 35.4 Å². The Kier molecular flexibility index (Phi) is 7.42. The molecule has 0 saturated heterocycles. The smallest absolute Gasteiger partial charge is 0.307 e. The third kappa shape index (κ3) is 6.37. The van der Waals surface area contributed by atoms with Crippen molar-refractivity contribution in [1.82, 2.24) is 10.6 Å². The van der Waals surface area contributed by atoms with Crippen LogP contribution in [-0.4, -0.2) is 43.3 Å². The standard InChI is InChI=1S/C15H22N2O4/c1-11(15(20)16-7-8-21-2)17-10-13-6-4-3-5-12(13)9-14(18)19/h3-6,11,17H,7-10H2,1-2H3,(H,16,20)(H,18,19). The molecule has 1 rings (SSSR count). The molecule has 0 aliphatic heterocycles. The van der Waals surface area contributed by atoms with E-state index in [1.54, 1.807) is 20.1 Å². The predicted molar refractivity (Wildman–Crippen MR) is 79.0 cm³/mol. The molecule has 0 heterocycles. The van der Waals surface area contributed by atoms with Crippen LogP contribution in [0.5, 0.6) is 0 Å². The molecule has 0 aliphatic rings. The Hall–Kier alpha value is -1.92. The van der Waals surface area contributed by atoms with Gasteiger partial charge in [0.05, 0.1) is 19.1 Å². The van der Waals surface area contributed by atoms with Gasteiger partial charge >= 0.3 is 5.97 Å². The van der Waals surface area contributed by atoms with Gasteiger partial charge in [-0.05, 0) is 18.1 Å². The van der Waals surface area contributed by atoms with Crippen LogP contribution in [0.25, 0.3) is 0 Å². The third-order valence-corrected chi connectivity index (χ3v) is 3.06. The van der Waals surface area contributed by atoms with Crippen LogP contribution < -0.4 is 10.6 Å². The number of nitrogens with one attached hydrogen (secondary N) is 2. The summed E-state index contributed by atoms with van der Waals surface area (Å²) in [4.78, 5) is 22.6. The number of amides is 1. The molecule has 116 valence electrons. The highest BCUT2D eigenvalue weighted by Gasteiger charge is 2.13. The highest BCUT2D eigenvalue weighted by Crippen LogP contribution is 2.09. The van der Waals surface area contributed by atoms with Gasteiger partial charge in [0.15, 0.2) is 0 Å². The first-order valence-corrected chi connectivity index (χ1v) is 6.83. The SMILES string of the molecule is COCCNC(=O)C(C)NCc1ccccc1CC(=O)O. The van der Waals surface area contributed by atoms with Gasteiger partial charge in [-0.1, -0.05) is 24.3 Å². The van der Waals surface area contributed by atoms with E-state index in [0.29, 0.717) is 19.7 Å². The van der Waals surface area contributed by atoms with Gasteiger partial charge in [0.25, 0.3) is 0 Å². The van der Waals surface area contributed by atoms with Gasteiger partial charge in [0.2, 0.25) is 5.91 Å². The van der Waals surface area contributed by atoms with Crippen LogP contribution in [0, 0.1) is 0 Å². The Bertz CT molecular complexity index is 476. The molecule has 3 N–H and O–H groups in total. The number of carboxylic acids is 1. The largest absolute Gasteiger partial charge is 0.481 e. The molecule has 6 nitrogen and oxygen atoms in total. The summed E-state index contributed by atoms with van der Waals surface area (Å²) in [6, 6.07) is 6.95. The molecule has 0 spiro atoms. The molecule has 0 saturated carbocycles. The summed E-state index contributed by atoms with van der Waals surface area (Å²) >= 11 is 0. The van der Waals surface area contributed by atoms with Gasteiger partial charge in [-0.25, -0.2) is 0 Å². The lowest BCUT2D eigenvalue weighted by Crippen LogP contribution is -2.42. The van der Waals surface area contributed by atoms with E-state index in [2.05, 4.69) is 10.6 Å². The zero-order valence-corrected chi connectivity index (χ0v) is 12.4. The number of ether oxygens (including phenoxy) is 1. The van der Waals surface area contributed by atoms with E-state index in [0.717, 1.165) is 11.1 Å². The van der Waals surface area contributed by atoms with Gasteiger partial charge < -0.3 is 20.5 Å². The number of aliphatic carboxylic acids is 1. The minimum absolute atomic E-state index is 0.0216. The molecule has 21 heavy (non-hydrogen) atoms. The summed E-state index contributed by atoms with van der Waals surface area (Å²) in [5.74, 6) is -0.976. The van der Waals surface area contributed by atoms with Crippen LogP contribution in [0.3, 0.4) is 0 Å². The first-order chi connectivity index (χ1) is 10.0. The summed E-state index contributed by atoms with van der Waals surface area (Å²) in [7, 11) is 1.58. The minimum Gasteiger partial charge on any atom is -0.481 e. The molecule has 0 aliphatic carbocycles. The summed E-state index contributed by atoms with van der Waals surface area (Å²) < 4.78 is 4.86. The number of hydrogen-bond acceptors (Lipinski definition) is 4. The van der Waals surface area contributed by atoms with Gasteiger partial charge in [0.1, 0.15) is 0 Å². The Labute approximate surface area is 124 Å². The van der Waals surface area contributed by atoms with E-state index < -0.39 is 5.97 Å². The molecule has 0 aromatic heterocycles. The van der Waals surface area contributed by atoms with E-state index in [1.807, 2.05) is 18.2 Å². The summed E-state index contributed by atoms with van der Waals surface area (Å²) in [6.45, 7) is 3.15. The fraction of sp³-hybridized carbons (Fsp3) is 0.467. The lowest BCUT2D eigenvalue weighted by Gasteiger charge is -2.15. The van der Waals surface area contributed by atoms with E-state index in [4.69, 9.17) is 9.84 Å². The maximum Gasteiger partial charge on any atom is 0.307 e. The van der Waals surface area contributed by atoms with Crippen LogP contribution >= 0.6 is 0 Å². The van der Waals surface area contributed by atoms with Crippen LogP contribution in [0.2, 0.25) is 0 Å². The first-order valence-electron chi connectivity index (χ1n) is 6.83. The van der Waals surface area contributed by atoms with Crippen molar-refractivity contribution in [3.63, 3.8) is 0 Å². The van der Waals surface area contributed by atoms with E-state index in [9.17, 15) is 9.59 Å². The van der Waals surface area contributed by atoms with Gasteiger partial charge in [-0.2, -0.15) is 0 Å². The maximum absolute atomic E-state index is 11.8. The number of carbonyl (C=O) groups excluding carboxylic acids is 1. The molecular formula is C15H22N2O4. The molecular weight excluding hydrogens is 272 g/mol. The lowest BCUT2D eigenvalue weighted by molar-refractivity contribution is -0.136. The van der Waals surface area contributed by atoms with Crippen LogP contribution in [0.15, 0.2) is 24.3 Å². The highest BCUT2D eigenvalue weighted by atomic mass is 16.5. The second-order valence-corrected chi connectivity index (χ2v) is 4.73. The van der Waals surface area contributed by atoms with Crippen molar-refractivity contribution in [2.75, 3.05) is 20.3 Å². The number of rotatable bonds is 9. The Morgan fingerprint density at radius 1 is 1.29 bits per heavy atom.